The van der Waals surface area contributed by atoms with E-state index in [1.54, 1.807) is 0 Å². The highest BCUT2D eigenvalue weighted by atomic mass is 32.1. The van der Waals surface area contributed by atoms with Crippen LogP contribution in [0.15, 0.2) is 164 Å². The minimum absolute atomic E-state index is 1.13. The highest BCUT2D eigenvalue weighted by Gasteiger charge is 2.17. The van der Waals surface area contributed by atoms with Gasteiger partial charge in [0, 0.05) is 36.9 Å². The molecule has 0 saturated carbocycles. The Morgan fingerprint density at radius 2 is 0.955 bits per heavy atom. The van der Waals surface area contributed by atoms with Gasteiger partial charge in [-0.3, -0.25) is 0 Å². The van der Waals surface area contributed by atoms with E-state index >= 15 is 0 Å². The van der Waals surface area contributed by atoms with Crippen LogP contribution in [0.25, 0.3) is 63.6 Å². The Labute approximate surface area is 259 Å². The minimum Gasteiger partial charge on any atom is -0.310 e. The summed E-state index contributed by atoms with van der Waals surface area (Å²) in [4.78, 5) is 2.41. The molecule has 0 radical (unpaired) electrons. The summed E-state index contributed by atoms with van der Waals surface area (Å²) in [7, 11) is 0. The summed E-state index contributed by atoms with van der Waals surface area (Å²) in [5, 5.41) is 10.2. The average Bonchev–Trinajstić information content (AvgIpc) is 3.44. The second-order valence-electron chi connectivity index (χ2n) is 11.4. The molecule has 0 aliphatic heterocycles. The lowest BCUT2D eigenvalue weighted by molar-refractivity contribution is 1.30. The van der Waals surface area contributed by atoms with E-state index in [2.05, 4.69) is 169 Å². The van der Waals surface area contributed by atoms with Gasteiger partial charge in [0.2, 0.25) is 0 Å². The number of hydrogen-bond acceptors (Lipinski definition) is 2. The third-order valence-corrected chi connectivity index (χ3v) is 9.93. The highest BCUT2D eigenvalue weighted by molar-refractivity contribution is 7.25. The zero-order valence-electron chi connectivity index (χ0n) is 23.9. The molecule has 0 bridgehead atoms. The van der Waals surface area contributed by atoms with E-state index in [4.69, 9.17) is 0 Å². The molecule has 1 nitrogen and oxygen atoms in total. The molecule has 0 fully saturated rings. The summed E-state index contributed by atoms with van der Waals surface area (Å²) >= 11 is 1.87. The van der Waals surface area contributed by atoms with E-state index in [1.165, 1.54) is 69.3 Å². The average molecular weight is 578 g/mol. The summed E-state index contributed by atoms with van der Waals surface area (Å²) in [6, 6.07) is 59.8. The Kier molecular flexibility index (Phi) is 5.75. The monoisotopic (exact) mass is 577 g/mol. The van der Waals surface area contributed by atoms with Crippen LogP contribution >= 0.6 is 11.3 Å². The lowest BCUT2D eigenvalue weighted by atomic mass is 10.0. The zero-order chi connectivity index (χ0) is 29.0. The fraction of sp³-hybridized carbons (Fsp3) is 0. The van der Waals surface area contributed by atoms with Crippen molar-refractivity contribution in [1.29, 1.82) is 0 Å². The molecule has 9 rings (SSSR count). The maximum atomic E-state index is 2.41. The van der Waals surface area contributed by atoms with Gasteiger partial charge < -0.3 is 4.90 Å². The van der Waals surface area contributed by atoms with Crippen LogP contribution in [-0.4, -0.2) is 0 Å². The Balaban J connectivity index is 1.22. The molecule has 1 aromatic heterocycles. The third kappa shape index (κ3) is 4.15. The molecule has 1 heterocycles. The summed E-state index contributed by atoms with van der Waals surface area (Å²) in [6.45, 7) is 0. The molecule has 0 aliphatic carbocycles. The maximum absolute atomic E-state index is 2.41. The van der Waals surface area contributed by atoms with Crippen LogP contribution in [0.4, 0.5) is 17.1 Å². The number of fused-ring (bicyclic) bond motifs is 6. The molecule has 0 amide bonds. The van der Waals surface area contributed by atoms with E-state index < -0.39 is 0 Å². The minimum atomic E-state index is 1.13. The topological polar surface area (TPSA) is 3.24 Å². The van der Waals surface area contributed by atoms with Gasteiger partial charge in [0.05, 0.1) is 5.69 Å². The van der Waals surface area contributed by atoms with Gasteiger partial charge in [0.25, 0.3) is 0 Å². The molecular formula is C42H27NS. The quantitative estimate of drug-likeness (QED) is 0.201. The highest BCUT2D eigenvalue weighted by Crippen LogP contribution is 2.43. The van der Waals surface area contributed by atoms with Gasteiger partial charge in [-0.25, -0.2) is 0 Å². The van der Waals surface area contributed by atoms with Crippen LogP contribution in [-0.2, 0) is 0 Å². The fourth-order valence-corrected chi connectivity index (χ4v) is 7.71. The Morgan fingerprint density at radius 3 is 1.77 bits per heavy atom. The second-order valence-corrected chi connectivity index (χ2v) is 12.5. The SMILES string of the molecule is c1ccc2cc(-c3ccc(N(c4ccc5sc6cc7ccccc7cc6c5c4)c4cccc5ccccc45)cc3)ccc2c1. The van der Waals surface area contributed by atoms with Gasteiger partial charge in [0.15, 0.2) is 0 Å². The molecule has 0 spiro atoms. The molecule has 44 heavy (non-hydrogen) atoms. The van der Waals surface area contributed by atoms with Crippen molar-refractivity contribution in [3.05, 3.63) is 164 Å². The number of thiophene rings is 1. The van der Waals surface area contributed by atoms with Gasteiger partial charge in [-0.15, -0.1) is 11.3 Å². The van der Waals surface area contributed by atoms with Crippen molar-refractivity contribution in [3.63, 3.8) is 0 Å². The van der Waals surface area contributed by atoms with E-state index in [9.17, 15) is 0 Å². The van der Waals surface area contributed by atoms with E-state index in [-0.39, 0.29) is 0 Å². The van der Waals surface area contributed by atoms with Gasteiger partial charge >= 0.3 is 0 Å². The standard InChI is InChI=1S/C42H27NS/c1-2-10-31-24-34(17-16-28(31)8-1)29-18-20-35(21-19-29)43(40-15-7-13-30-9-5-6-14-37(30)40)36-22-23-41-39(27-36)38-25-32-11-3-4-12-33(32)26-42(38)44-41/h1-27H. The Hall–Kier alpha value is -5.44. The lowest BCUT2D eigenvalue weighted by Gasteiger charge is -2.27. The van der Waals surface area contributed by atoms with Crippen LogP contribution in [0, 0.1) is 0 Å². The van der Waals surface area contributed by atoms with Crippen LogP contribution in [0.3, 0.4) is 0 Å². The van der Waals surface area contributed by atoms with Gasteiger partial charge in [-0.1, -0.05) is 109 Å². The molecule has 0 atom stereocenters. The molecule has 206 valence electrons. The van der Waals surface area contributed by atoms with Crippen LogP contribution < -0.4 is 4.90 Å². The molecule has 0 N–H and O–H groups in total. The van der Waals surface area contributed by atoms with Crippen molar-refractivity contribution in [2.24, 2.45) is 0 Å². The van der Waals surface area contributed by atoms with E-state index in [0.29, 0.717) is 0 Å². The molecule has 9 aromatic rings. The number of anilines is 3. The van der Waals surface area contributed by atoms with E-state index in [1.807, 2.05) is 11.3 Å². The largest absolute Gasteiger partial charge is 0.310 e. The first-order valence-corrected chi connectivity index (χ1v) is 15.8. The van der Waals surface area contributed by atoms with E-state index in [0.717, 1.165) is 11.4 Å². The first-order chi connectivity index (χ1) is 21.8. The lowest BCUT2D eigenvalue weighted by Crippen LogP contribution is -2.10. The number of hydrogen-bond donors (Lipinski definition) is 0. The summed E-state index contributed by atoms with van der Waals surface area (Å²) in [5.74, 6) is 0. The van der Waals surface area contributed by atoms with Crippen LogP contribution in [0.2, 0.25) is 0 Å². The van der Waals surface area contributed by atoms with Crippen molar-refractivity contribution in [2.45, 2.75) is 0 Å². The van der Waals surface area contributed by atoms with Gasteiger partial charge in [-0.2, -0.15) is 0 Å². The summed E-state index contributed by atoms with van der Waals surface area (Å²) < 4.78 is 2.64. The third-order valence-electron chi connectivity index (χ3n) is 8.80. The second kappa shape index (κ2) is 10.1. The predicted molar refractivity (Wildman–Crippen MR) is 192 cm³/mol. The molecule has 0 aliphatic rings. The van der Waals surface area contributed by atoms with Crippen molar-refractivity contribution in [1.82, 2.24) is 0 Å². The van der Waals surface area contributed by atoms with Crippen molar-refractivity contribution in [3.8, 4) is 11.1 Å². The smallest absolute Gasteiger partial charge is 0.0540 e. The first-order valence-electron chi connectivity index (χ1n) is 15.0. The molecule has 2 heteroatoms. The van der Waals surface area contributed by atoms with Crippen LogP contribution in [0.1, 0.15) is 0 Å². The van der Waals surface area contributed by atoms with Gasteiger partial charge in [0.1, 0.15) is 0 Å². The van der Waals surface area contributed by atoms with Crippen molar-refractivity contribution in [2.75, 3.05) is 4.90 Å². The maximum Gasteiger partial charge on any atom is 0.0540 e. The normalized spacial score (nSPS) is 11.6. The molecule has 8 aromatic carbocycles. The Bertz CT molecular complexity index is 2500. The first kappa shape index (κ1) is 25.1. The summed E-state index contributed by atoms with van der Waals surface area (Å²) in [5.41, 5.74) is 5.90. The molecule has 0 unspecified atom stereocenters. The summed E-state index contributed by atoms with van der Waals surface area (Å²) in [6.07, 6.45) is 0. The van der Waals surface area contributed by atoms with Crippen molar-refractivity contribution >= 4 is 80.9 Å². The van der Waals surface area contributed by atoms with Crippen LogP contribution in [0.5, 0.6) is 0 Å². The molecule has 0 saturated heterocycles. The number of rotatable bonds is 4. The fourth-order valence-electron chi connectivity index (χ4n) is 6.59. The molecular weight excluding hydrogens is 551 g/mol. The Morgan fingerprint density at radius 1 is 0.341 bits per heavy atom. The number of benzene rings is 8. The predicted octanol–water partition coefficient (Wildman–Crippen LogP) is 12.7. The van der Waals surface area contributed by atoms with Gasteiger partial charge in [-0.05, 0) is 92.7 Å². The zero-order valence-corrected chi connectivity index (χ0v) is 24.8. The number of nitrogens with zero attached hydrogens (tertiary/aromatic N) is 1. The van der Waals surface area contributed by atoms with Crippen molar-refractivity contribution < 1.29 is 0 Å².